The Balaban J connectivity index is 1.99. The third kappa shape index (κ3) is 3.49. The average molecular weight is 267 g/mol. The highest BCUT2D eigenvalue weighted by molar-refractivity contribution is 6.21. The molecule has 1 atom stereocenters. The Hall–Kier alpha value is -1.02. The number of halogens is 1. The maximum atomic E-state index is 11.1. The number of methoxy groups -OCH3 is 1. The van der Waals surface area contributed by atoms with Crippen molar-refractivity contribution in [1.29, 1.82) is 0 Å². The predicted molar refractivity (Wildman–Crippen MR) is 73.1 cm³/mol. The van der Waals surface area contributed by atoms with E-state index in [1.165, 1.54) is 49.5 Å². The standard InChI is InChI=1S/C15H19ClO2/c1-18-15(17)10-14(16)9-11-6-7-12-4-2-3-5-13(12)8-11/h6-8,14H,2-5,9-10H2,1H3. The van der Waals surface area contributed by atoms with Gasteiger partial charge in [-0.3, -0.25) is 4.79 Å². The number of ether oxygens (including phenoxy) is 1. The van der Waals surface area contributed by atoms with Crippen molar-refractivity contribution in [3.05, 3.63) is 34.9 Å². The smallest absolute Gasteiger partial charge is 0.307 e. The molecule has 98 valence electrons. The van der Waals surface area contributed by atoms with Gasteiger partial charge in [0.25, 0.3) is 0 Å². The summed E-state index contributed by atoms with van der Waals surface area (Å²) in [6, 6.07) is 6.60. The fourth-order valence-corrected chi connectivity index (χ4v) is 2.81. The summed E-state index contributed by atoms with van der Waals surface area (Å²) in [6.07, 6.45) is 5.95. The molecule has 0 saturated carbocycles. The lowest BCUT2D eigenvalue weighted by atomic mass is 9.89. The highest BCUT2D eigenvalue weighted by Gasteiger charge is 2.14. The molecule has 0 aromatic heterocycles. The summed E-state index contributed by atoms with van der Waals surface area (Å²) < 4.78 is 4.63. The van der Waals surface area contributed by atoms with E-state index in [0.29, 0.717) is 0 Å². The predicted octanol–water partition coefficient (Wildman–Crippen LogP) is 3.28. The molecule has 0 aliphatic heterocycles. The molecule has 0 bridgehead atoms. The van der Waals surface area contributed by atoms with E-state index in [-0.39, 0.29) is 17.8 Å². The quantitative estimate of drug-likeness (QED) is 0.618. The van der Waals surface area contributed by atoms with Crippen molar-refractivity contribution >= 4 is 17.6 Å². The van der Waals surface area contributed by atoms with Crippen molar-refractivity contribution in [2.45, 2.75) is 43.9 Å². The maximum absolute atomic E-state index is 11.1. The minimum absolute atomic E-state index is 0.181. The summed E-state index contributed by atoms with van der Waals surface area (Å²) in [5.74, 6) is -0.243. The van der Waals surface area contributed by atoms with E-state index in [0.717, 1.165) is 6.42 Å². The summed E-state index contributed by atoms with van der Waals surface area (Å²) in [7, 11) is 1.39. The largest absolute Gasteiger partial charge is 0.469 e. The van der Waals surface area contributed by atoms with E-state index < -0.39 is 0 Å². The van der Waals surface area contributed by atoms with Crippen LogP contribution in [0.15, 0.2) is 18.2 Å². The summed E-state index contributed by atoms with van der Waals surface area (Å²) in [5.41, 5.74) is 4.16. The van der Waals surface area contributed by atoms with Crippen LogP contribution in [0.25, 0.3) is 0 Å². The molecule has 0 amide bonds. The second kappa shape index (κ2) is 6.24. The SMILES string of the molecule is COC(=O)CC(Cl)Cc1ccc2c(c1)CCCC2. The van der Waals surface area contributed by atoms with Crippen molar-refractivity contribution < 1.29 is 9.53 Å². The van der Waals surface area contributed by atoms with Crippen LogP contribution in [0.1, 0.15) is 36.0 Å². The van der Waals surface area contributed by atoms with Crippen molar-refractivity contribution in [2.75, 3.05) is 7.11 Å². The van der Waals surface area contributed by atoms with Gasteiger partial charge in [-0.1, -0.05) is 18.2 Å². The van der Waals surface area contributed by atoms with Gasteiger partial charge in [-0.05, 0) is 48.8 Å². The number of rotatable bonds is 4. The van der Waals surface area contributed by atoms with E-state index in [9.17, 15) is 4.79 Å². The van der Waals surface area contributed by atoms with E-state index in [4.69, 9.17) is 11.6 Å². The molecule has 0 saturated heterocycles. The maximum Gasteiger partial charge on any atom is 0.307 e. The molecule has 2 rings (SSSR count). The Morgan fingerprint density at radius 3 is 2.78 bits per heavy atom. The molecule has 2 nitrogen and oxygen atoms in total. The molecule has 0 heterocycles. The molecule has 1 aromatic carbocycles. The number of aryl methyl sites for hydroxylation is 2. The van der Waals surface area contributed by atoms with Gasteiger partial charge in [0.1, 0.15) is 0 Å². The number of carbonyl (C=O) groups is 1. The molecule has 0 radical (unpaired) electrons. The highest BCUT2D eigenvalue weighted by Crippen LogP contribution is 2.23. The van der Waals surface area contributed by atoms with Crippen LogP contribution in [0.2, 0.25) is 0 Å². The first-order valence-corrected chi connectivity index (χ1v) is 6.94. The second-order valence-corrected chi connectivity index (χ2v) is 5.51. The highest BCUT2D eigenvalue weighted by atomic mass is 35.5. The van der Waals surface area contributed by atoms with Crippen LogP contribution in [-0.4, -0.2) is 18.5 Å². The Morgan fingerprint density at radius 2 is 2.06 bits per heavy atom. The zero-order valence-corrected chi connectivity index (χ0v) is 11.5. The van der Waals surface area contributed by atoms with E-state index in [2.05, 4.69) is 22.9 Å². The van der Waals surface area contributed by atoms with Gasteiger partial charge in [0.15, 0.2) is 0 Å². The monoisotopic (exact) mass is 266 g/mol. The van der Waals surface area contributed by atoms with Crippen molar-refractivity contribution in [3.63, 3.8) is 0 Å². The van der Waals surface area contributed by atoms with Crippen molar-refractivity contribution in [3.8, 4) is 0 Å². The third-order valence-corrected chi connectivity index (χ3v) is 3.79. The van der Waals surface area contributed by atoms with Crippen molar-refractivity contribution in [1.82, 2.24) is 0 Å². The fraction of sp³-hybridized carbons (Fsp3) is 0.533. The minimum Gasteiger partial charge on any atom is -0.469 e. The number of fused-ring (bicyclic) bond motifs is 1. The zero-order valence-electron chi connectivity index (χ0n) is 10.7. The zero-order chi connectivity index (χ0) is 13.0. The molecule has 0 fully saturated rings. The first-order chi connectivity index (χ1) is 8.69. The lowest BCUT2D eigenvalue weighted by Gasteiger charge is -2.17. The van der Waals surface area contributed by atoms with E-state index in [1.807, 2.05) is 0 Å². The molecule has 1 aromatic rings. The van der Waals surface area contributed by atoms with E-state index >= 15 is 0 Å². The first-order valence-electron chi connectivity index (χ1n) is 6.50. The molecule has 1 unspecified atom stereocenters. The summed E-state index contributed by atoms with van der Waals surface area (Å²) in [5, 5.41) is -0.181. The number of benzene rings is 1. The lowest BCUT2D eigenvalue weighted by molar-refractivity contribution is -0.140. The number of hydrogen-bond donors (Lipinski definition) is 0. The Kier molecular flexibility index (Phi) is 4.65. The third-order valence-electron chi connectivity index (χ3n) is 3.49. The fourth-order valence-electron chi connectivity index (χ4n) is 2.51. The van der Waals surface area contributed by atoms with Gasteiger partial charge in [0.2, 0.25) is 0 Å². The van der Waals surface area contributed by atoms with Gasteiger partial charge in [-0.2, -0.15) is 0 Å². The lowest BCUT2D eigenvalue weighted by Crippen LogP contribution is -2.12. The van der Waals surface area contributed by atoms with Gasteiger partial charge < -0.3 is 4.74 Å². The molecule has 1 aliphatic carbocycles. The number of carbonyl (C=O) groups excluding carboxylic acids is 1. The molecular weight excluding hydrogens is 248 g/mol. The van der Waals surface area contributed by atoms with Gasteiger partial charge in [-0.15, -0.1) is 11.6 Å². The first kappa shape index (κ1) is 13.4. The van der Waals surface area contributed by atoms with Crippen LogP contribution in [0.3, 0.4) is 0 Å². The topological polar surface area (TPSA) is 26.3 Å². The van der Waals surface area contributed by atoms with Gasteiger partial charge in [-0.25, -0.2) is 0 Å². The Morgan fingerprint density at radius 1 is 1.33 bits per heavy atom. The number of hydrogen-bond acceptors (Lipinski definition) is 2. The van der Waals surface area contributed by atoms with Crippen LogP contribution in [0.5, 0.6) is 0 Å². The van der Waals surface area contributed by atoms with E-state index in [1.54, 1.807) is 0 Å². The summed E-state index contributed by atoms with van der Waals surface area (Å²) >= 11 is 6.17. The molecule has 0 N–H and O–H groups in total. The Bertz CT molecular complexity index is 429. The molecule has 3 heteroatoms. The van der Waals surface area contributed by atoms with Crippen molar-refractivity contribution in [2.24, 2.45) is 0 Å². The van der Waals surface area contributed by atoms with Gasteiger partial charge in [0, 0.05) is 5.38 Å². The second-order valence-electron chi connectivity index (χ2n) is 4.89. The van der Waals surface area contributed by atoms with Crippen LogP contribution in [-0.2, 0) is 28.8 Å². The van der Waals surface area contributed by atoms with Gasteiger partial charge >= 0.3 is 5.97 Å². The summed E-state index contributed by atoms with van der Waals surface area (Å²) in [6.45, 7) is 0. The average Bonchev–Trinajstić information content (AvgIpc) is 2.38. The normalized spacial score (nSPS) is 15.9. The number of esters is 1. The minimum atomic E-state index is -0.243. The summed E-state index contributed by atoms with van der Waals surface area (Å²) in [4.78, 5) is 11.1. The Labute approximate surface area is 113 Å². The number of alkyl halides is 1. The molecule has 1 aliphatic rings. The van der Waals surface area contributed by atoms with Crippen LogP contribution >= 0.6 is 11.6 Å². The molecule has 0 spiro atoms. The van der Waals surface area contributed by atoms with Gasteiger partial charge in [0.05, 0.1) is 13.5 Å². The molecular formula is C15H19ClO2. The molecule has 18 heavy (non-hydrogen) atoms. The van der Waals surface area contributed by atoms with Crippen LogP contribution in [0.4, 0.5) is 0 Å². The van der Waals surface area contributed by atoms with Crippen LogP contribution < -0.4 is 0 Å². The van der Waals surface area contributed by atoms with Crippen LogP contribution in [0, 0.1) is 0 Å².